The van der Waals surface area contributed by atoms with Gasteiger partial charge in [-0.25, -0.2) is 4.98 Å². The van der Waals surface area contributed by atoms with Crippen LogP contribution in [0.15, 0.2) is 64.3 Å². The summed E-state index contributed by atoms with van der Waals surface area (Å²) in [6, 6.07) is 15.5. The van der Waals surface area contributed by atoms with Crippen LogP contribution in [0, 0.1) is 21.4 Å². The molecule has 0 amide bonds. The third-order valence-corrected chi connectivity index (χ3v) is 4.75. The van der Waals surface area contributed by atoms with Crippen LogP contribution in [0.4, 0.5) is 11.5 Å². The van der Waals surface area contributed by atoms with Crippen LogP contribution in [-0.4, -0.2) is 16.1 Å². The summed E-state index contributed by atoms with van der Waals surface area (Å²) in [5.74, 6) is 0.810. The van der Waals surface area contributed by atoms with Gasteiger partial charge in [-0.3, -0.25) is 15.5 Å². The number of hydrogen-bond donors (Lipinski definition) is 1. The van der Waals surface area contributed by atoms with Crippen molar-refractivity contribution in [2.24, 2.45) is 5.10 Å². The summed E-state index contributed by atoms with van der Waals surface area (Å²) in [6.07, 6.45) is 2.66. The molecule has 0 aliphatic rings. The molecule has 150 valence electrons. The maximum Gasteiger partial charge on any atom is 0.287 e. The summed E-state index contributed by atoms with van der Waals surface area (Å²) in [6.45, 7) is 0.197. The van der Waals surface area contributed by atoms with Crippen LogP contribution < -0.4 is 10.2 Å². The molecule has 3 rings (SSSR count). The van der Waals surface area contributed by atoms with E-state index in [1.54, 1.807) is 24.3 Å². The molecule has 0 saturated carbocycles. The van der Waals surface area contributed by atoms with E-state index in [9.17, 15) is 10.1 Å². The predicted molar refractivity (Wildman–Crippen MR) is 117 cm³/mol. The molecule has 0 bridgehead atoms. The van der Waals surface area contributed by atoms with E-state index in [1.165, 1.54) is 18.3 Å². The average Bonchev–Trinajstić information content (AvgIpc) is 2.74. The molecule has 1 aromatic heterocycles. The number of rotatable bonds is 7. The number of benzene rings is 2. The molecule has 30 heavy (non-hydrogen) atoms. The van der Waals surface area contributed by atoms with Gasteiger partial charge in [-0.15, -0.1) is 0 Å². The van der Waals surface area contributed by atoms with Gasteiger partial charge in [0, 0.05) is 11.6 Å². The van der Waals surface area contributed by atoms with Crippen molar-refractivity contribution in [1.29, 1.82) is 5.26 Å². The Balaban J connectivity index is 1.67. The second kappa shape index (κ2) is 9.82. The molecule has 0 aliphatic heterocycles. The number of nitrogens with one attached hydrogen (secondary N) is 1. The first-order valence-electron chi connectivity index (χ1n) is 8.47. The first-order chi connectivity index (χ1) is 14.5. The van der Waals surface area contributed by atoms with Gasteiger partial charge in [0.2, 0.25) is 0 Å². The monoisotopic (exact) mass is 485 g/mol. The highest BCUT2D eigenvalue weighted by atomic mass is 79.9. The lowest BCUT2D eigenvalue weighted by molar-refractivity contribution is -0.385. The van der Waals surface area contributed by atoms with E-state index in [1.807, 2.05) is 12.1 Å². The second-order valence-corrected chi connectivity index (χ2v) is 7.16. The third-order valence-electron chi connectivity index (χ3n) is 3.88. The molecule has 0 atom stereocenters. The number of pyridine rings is 1. The lowest BCUT2D eigenvalue weighted by Gasteiger charge is -2.12. The van der Waals surface area contributed by atoms with Gasteiger partial charge in [0.05, 0.1) is 32.3 Å². The molecule has 3 aromatic rings. The van der Waals surface area contributed by atoms with Crippen LogP contribution in [0.5, 0.6) is 5.75 Å². The van der Waals surface area contributed by atoms with Crippen LogP contribution in [0.2, 0.25) is 5.02 Å². The first-order valence-corrected chi connectivity index (χ1v) is 9.64. The first kappa shape index (κ1) is 21.2. The van der Waals surface area contributed by atoms with Gasteiger partial charge >= 0.3 is 0 Å². The maximum absolute atomic E-state index is 10.6. The zero-order chi connectivity index (χ0) is 21.5. The van der Waals surface area contributed by atoms with E-state index >= 15 is 0 Å². The predicted octanol–water partition coefficient (Wildman–Crippen LogP) is 5.30. The number of hydrazone groups is 1. The van der Waals surface area contributed by atoms with E-state index in [-0.39, 0.29) is 12.3 Å². The Morgan fingerprint density at radius 1 is 1.33 bits per heavy atom. The quantitative estimate of drug-likeness (QED) is 0.275. The minimum absolute atomic E-state index is 0.103. The third kappa shape index (κ3) is 5.31. The van der Waals surface area contributed by atoms with Gasteiger partial charge < -0.3 is 4.74 Å². The Hall–Kier alpha value is -3.48. The highest BCUT2D eigenvalue weighted by Crippen LogP contribution is 2.35. The number of hydrogen-bond acceptors (Lipinski definition) is 7. The van der Waals surface area contributed by atoms with Gasteiger partial charge in [-0.05, 0) is 45.8 Å². The fourth-order valence-corrected chi connectivity index (χ4v) is 3.42. The van der Waals surface area contributed by atoms with Crippen molar-refractivity contribution in [2.75, 3.05) is 5.43 Å². The second-order valence-electron chi connectivity index (χ2n) is 5.90. The minimum atomic E-state index is -0.526. The van der Waals surface area contributed by atoms with Crippen molar-refractivity contribution >= 4 is 45.3 Å². The molecule has 0 aliphatic carbocycles. The summed E-state index contributed by atoms with van der Waals surface area (Å²) in [5.41, 5.74) is 4.57. The van der Waals surface area contributed by atoms with Gasteiger partial charge in [-0.1, -0.05) is 29.8 Å². The van der Waals surface area contributed by atoms with E-state index in [2.05, 4.69) is 37.5 Å². The van der Waals surface area contributed by atoms with Crippen LogP contribution in [-0.2, 0) is 6.61 Å². The SMILES string of the molecule is N#Cc1ccccc1COc1c(Cl)cc(/C=N/Nc2ccc([N+](=O)[O-])cn2)cc1Br. The molecule has 0 saturated heterocycles. The molecule has 0 fully saturated rings. The van der Waals surface area contributed by atoms with E-state index in [0.717, 1.165) is 11.8 Å². The van der Waals surface area contributed by atoms with Gasteiger partial charge in [0.25, 0.3) is 5.69 Å². The Morgan fingerprint density at radius 3 is 2.80 bits per heavy atom. The highest BCUT2D eigenvalue weighted by molar-refractivity contribution is 9.10. The van der Waals surface area contributed by atoms with Crippen LogP contribution in [0.1, 0.15) is 16.7 Å². The molecule has 0 unspecified atom stereocenters. The fraction of sp³-hybridized carbons (Fsp3) is 0.0500. The topological polar surface area (TPSA) is 113 Å². The lowest BCUT2D eigenvalue weighted by atomic mass is 10.1. The fourth-order valence-electron chi connectivity index (χ4n) is 2.43. The van der Waals surface area contributed by atoms with Crippen molar-refractivity contribution in [1.82, 2.24) is 4.98 Å². The van der Waals surface area contributed by atoms with Crippen molar-refractivity contribution in [3.8, 4) is 11.8 Å². The van der Waals surface area contributed by atoms with Gasteiger partial charge in [0.15, 0.2) is 5.75 Å². The average molecular weight is 487 g/mol. The van der Waals surface area contributed by atoms with Crippen LogP contribution in [0.3, 0.4) is 0 Å². The largest absolute Gasteiger partial charge is 0.486 e. The molecule has 0 spiro atoms. The molecule has 10 heteroatoms. The molecule has 2 aromatic carbocycles. The Bertz CT molecular complexity index is 1120. The number of halogens is 2. The van der Waals surface area contributed by atoms with Gasteiger partial charge in [0.1, 0.15) is 18.6 Å². The Labute approximate surface area is 185 Å². The van der Waals surface area contributed by atoms with Crippen molar-refractivity contribution in [2.45, 2.75) is 6.61 Å². The number of aromatic nitrogens is 1. The molecular weight excluding hydrogens is 474 g/mol. The number of nitro groups is 1. The number of anilines is 1. The van der Waals surface area contributed by atoms with Gasteiger partial charge in [-0.2, -0.15) is 10.4 Å². The maximum atomic E-state index is 10.6. The van der Waals surface area contributed by atoms with E-state index in [0.29, 0.717) is 32.2 Å². The summed E-state index contributed by atoms with van der Waals surface area (Å²) in [4.78, 5) is 14.0. The molecular formula is C20H13BrClN5O3. The van der Waals surface area contributed by atoms with E-state index < -0.39 is 4.92 Å². The standard InChI is InChI=1S/C20H13BrClN5O3/c21-17-7-13(10-25-26-19-6-5-16(11-24-19)27(28)29)8-18(22)20(17)30-12-15-4-2-1-3-14(15)9-23/h1-8,10-11H,12H2,(H,24,26)/b25-10+. The molecule has 1 N–H and O–H groups in total. The van der Waals surface area contributed by atoms with Crippen molar-refractivity contribution < 1.29 is 9.66 Å². The zero-order valence-electron chi connectivity index (χ0n) is 15.3. The zero-order valence-corrected chi connectivity index (χ0v) is 17.6. The normalized spacial score (nSPS) is 10.6. The summed E-state index contributed by atoms with van der Waals surface area (Å²) >= 11 is 9.77. The summed E-state index contributed by atoms with van der Waals surface area (Å²) in [7, 11) is 0. The molecule has 1 heterocycles. The Kier molecular flexibility index (Phi) is 6.95. The van der Waals surface area contributed by atoms with Crippen LogP contribution >= 0.6 is 27.5 Å². The minimum Gasteiger partial charge on any atom is -0.486 e. The molecule has 0 radical (unpaired) electrons. The smallest absolute Gasteiger partial charge is 0.287 e. The lowest BCUT2D eigenvalue weighted by Crippen LogP contribution is -2.00. The Morgan fingerprint density at radius 2 is 2.13 bits per heavy atom. The number of ether oxygens (including phenoxy) is 1. The van der Waals surface area contributed by atoms with E-state index in [4.69, 9.17) is 21.6 Å². The summed E-state index contributed by atoms with van der Waals surface area (Å²) in [5, 5.41) is 24.2. The van der Waals surface area contributed by atoms with Crippen molar-refractivity contribution in [3.63, 3.8) is 0 Å². The highest BCUT2D eigenvalue weighted by Gasteiger charge is 2.11. The number of nitriles is 1. The van der Waals surface area contributed by atoms with Crippen molar-refractivity contribution in [3.05, 3.63) is 91.0 Å². The molecule has 8 nitrogen and oxygen atoms in total. The summed E-state index contributed by atoms with van der Waals surface area (Å²) < 4.78 is 6.42. The van der Waals surface area contributed by atoms with Crippen LogP contribution in [0.25, 0.3) is 0 Å². The number of nitrogens with zero attached hydrogens (tertiary/aromatic N) is 4.